The van der Waals surface area contributed by atoms with Crippen LogP contribution in [-0.4, -0.2) is 17.0 Å². The molecule has 0 bridgehead atoms. The molecule has 0 radical (unpaired) electrons. The van der Waals surface area contributed by atoms with Crippen LogP contribution >= 0.6 is 11.6 Å². The average molecular weight is 356 g/mol. The zero-order valence-electron chi connectivity index (χ0n) is 13.6. The molecule has 1 atom stereocenters. The number of carbonyl (C=O) groups is 2. The predicted molar refractivity (Wildman–Crippen MR) is 95.0 cm³/mol. The van der Waals surface area contributed by atoms with Crippen LogP contribution in [0.1, 0.15) is 52.4 Å². The van der Waals surface area contributed by atoms with Crippen LogP contribution in [0.2, 0.25) is 5.02 Å². The molecule has 0 heterocycles. The molecule has 2 N–H and O–H groups in total. The fourth-order valence-electron chi connectivity index (χ4n) is 3.77. The van der Waals surface area contributed by atoms with Crippen LogP contribution in [-0.2, 0) is 16.6 Å². The molecule has 4 nitrogen and oxygen atoms in total. The van der Waals surface area contributed by atoms with E-state index >= 15 is 0 Å². The second kappa shape index (κ2) is 5.88. The van der Waals surface area contributed by atoms with Crippen LogP contribution < -0.4 is 5.32 Å². The molecule has 1 fully saturated rings. The maximum atomic E-state index is 13.0. The maximum Gasteiger partial charge on any atom is 0.335 e. The summed E-state index contributed by atoms with van der Waals surface area (Å²) in [7, 11) is 0. The first kappa shape index (κ1) is 16.2. The number of aryl methyl sites for hydroxylation is 1. The van der Waals surface area contributed by atoms with Gasteiger partial charge in [-0.3, -0.25) is 4.79 Å². The fraction of sp³-hybridized carbons (Fsp3) is 0.300. The monoisotopic (exact) mass is 355 g/mol. The van der Waals surface area contributed by atoms with E-state index in [0.717, 1.165) is 42.4 Å². The van der Waals surface area contributed by atoms with Gasteiger partial charge in [-0.05, 0) is 60.6 Å². The van der Waals surface area contributed by atoms with Gasteiger partial charge in [0.15, 0.2) is 0 Å². The number of carboxylic acids is 1. The SMILES string of the molecule is O=C(O)c1ccc2c(c1)[C@H](NC(=O)C1(c3ccccc3Cl)CC1)CC2. The summed E-state index contributed by atoms with van der Waals surface area (Å²) in [5.74, 6) is -0.964. The molecule has 128 valence electrons. The van der Waals surface area contributed by atoms with Crippen molar-refractivity contribution >= 4 is 23.5 Å². The fourth-order valence-corrected chi connectivity index (χ4v) is 4.09. The normalized spacial score (nSPS) is 20.0. The number of carboxylic acid groups (broad SMARTS) is 1. The Balaban J connectivity index is 1.59. The first-order chi connectivity index (χ1) is 12.0. The van der Waals surface area contributed by atoms with Gasteiger partial charge in [-0.15, -0.1) is 0 Å². The van der Waals surface area contributed by atoms with Crippen LogP contribution in [0.3, 0.4) is 0 Å². The number of halogens is 1. The van der Waals surface area contributed by atoms with Crippen molar-refractivity contribution in [3.63, 3.8) is 0 Å². The van der Waals surface area contributed by atoms with Crippen LogP contribution in [0.4, 0.5) is 0 Å². The number of hydrogen-bond donors (Lipinski definition) is 2. The van der Waals surface area contributed by atoms with E-state index in [0.29, 0.717) is 5.02 Å². The molecule has 2 aromatic rings. The second-order valence-electron chi connectivity index (χ2n) is 6.85. The van der Waals surface area contributed by atoms with Crippen molar-refractivity contribution in [2.24, 2.45) is 0 Å². The Labute approximate surface area is 150 Å². The summed E-state index contributed by atoms with van der Waals surface area (Å²) < 4.78 is 0. The lowest BCUT2D eigenvalue weighted by Crippen LogP contribution is -2.36. The molecule has 0 saturated heterocycles. The van der Waals surface area contributed by atoms with Gasteiger partial charge in [0, 0.05) is 5.02 Å². The van der Waals surface area contributed by atoms with Crippen molar-refractivity contribution in [2.75, 3.05) is 0 Å². The number of fused-ring (bicyclic) bond motifs is 1. The Bertz CT molecular complexity index is 873. The molecular weight excluding hydrogens is 338 g/mol. The van der Waals surface area contributed by atoms with Crippen LogP contribution in [0.25, 0.3) is 0 Å². The molecule has 1 saturated carbocycles. The zero-order chi connectivity index (χ0) is 17.6. The quantitative estimate of drug-likeness (QED) is 0.874. The largest absolute Gasteiger partial charge is 0.478 e. The molecule has 2 aliphatic carbocycles. The Morgan fingerprint density at radius 2 is 1.92 bits per heavy atom. The predicted octanol–water partition coefficient (Wildman–Crippen LogP) is 3.87. The molecule has 1 amide bonds. The van der Waals surface area contributed by atoms with Gasteiger partial charge in [0.2, 0.25) is 5.91 Å². The Hall–Kier alpha value is -2.33. The van der Waals surface area contributed by atoms with Gasteiger partial charge in [-0.2, -0.15) is 0 Å². The highest BCUT2D eigenvalue weighted by Gasteiger charge is 2.52. The lowest BCUT2D eigenvalue weighted by Gasteiger charge is -2.21. The summed E-state index contributed by atoms with van der Waals surface area (Å²) in [6, 6.07) is 12.5. The van der Waals surface area contributed by atoms with E-state index in [1.807, 2.05) is 30.3 Å². The molecule has 25 heavy (non-hydrogen) atoms. The van der Waals surface area contributed by atoms with Gasteiger partial charge in [-0.25, -0.2) is 4.79 Å². The summed E-state index contributed by atoms with van der Waals surface area (Å²) in [6.07, 6.45) is 3.22. The van der Waals surface area contributed by atoms with E-state index in [9.17, 15) is 14.7 Å². The minimum atomic E-state index is -0.950. The van der Waals surface area contributed by atoms with Crippen molar-refractivity contribution in [2.45, 2.75) is 37.1 Å². The summed E-state index contributed by atoms with van der Waals surface area (Å²) >= 11 is 6.30. The molecule has 0 unspecified atom stereocenters. The highest BCUT2D eigenvalue weighted by Crippen LogP contribution is 2.51. The van der Waals surface area contributed by atoms with Crippen molar-refractivity contribution < 1.29 is 14.7 Å². The zero-order valence-corrected chi connectivity index (χ0v) is 14.3. The lowest BCUT2D eigenvalue weighted by molar-refractivity contribution is -0.124. The molecule has 2 aromatic carbocycles. The van der Waals surface area contributed by atoms with E-state index < -0.39 is 11.4 Å². The third-order valence-electron chi connectivity index (χ3n) is 5.35. The Kier molecular flexibility index (Phi) is 3.80. The van der Waals surface area contributed by atoms with Gasteiger partial charge in [0.25, 0.3) is 0 Å². The summed E-state index contributed by atoms with van der Waals surface area (Å²) in [6.45, 7) is 0. The van der Waals surface area contributed by atoms with E-state index in [4.69, 9.17) is 11.6 Å². The first-order valence-electron chi connectivity index (χ1n) is 8.43. The van der Waals surface area contributed by atoms with Gasteiger partial charge >= 0.3 is 5.97 Å². The second-order valence-corrected chi connectivity index (χ2v) is 7.25. The smallest absolute Gasteiger partial charge is 0.335 e. The summed E-state index contributed by atoms with van der Waals surface area (Å²) in [5, 5.41) is 13.0. The summed E-state index contributed by atoms with van der Waals surface area (Å²) in [4.78, 5) is 24.2. The minimum Gasteiger partial charge on any atom is -0.478 e. The van der Waals surface area contributed by atoms with Crippen molar-refractivity contribution in [1.29, 1.82) is 0 Å². The van der Waals surface area contributed by atoms with Crippen LogP contribution in [0.5, 0.6) is 0 Å². The molecule has 2 aliphatic rings. The Morgan fingerprint density at radius 3 is 2.60 bits per heavy atom. The number of benzene rings is 2. The molecular formula is C20H18ClNO3. The molecule has 0 spiro atoms. The maximum absolute atomic E-state index is 13.0. The number of rotatable bonds is 4. The van der Waals surface area contributed by atoms with Gasteiger partial charge in [-0.1, -0.05) is 35.9 Å². The average Bonchev–Trinajstić information content (AvgIpc) is 3.32. The molecule has 0 aromatic heterocycles. The number of carbonyl (C=O) groups excluding carboxylic acids is 1. The van der Waals surface area contributed by atoms with Crippen molar-refractivity contribution in [1.82, 2.24) is 5.32 Å². The highest BCUT2D eigenvalue weighted by molar-refractivity contribution is 6.31. The number of nitrogens with one attached hydrogen (secondary N) is 1. The third kappa shape index (κ3) is 2.71. The van der Waals surface area contributed by atoms with Crippen molar-refractivity contribution in [3.05, 3.63) is 69.7 Å². The molecule has 0 aliphatic heterocycles. The molecule has 5 heteroatoms. The number of hydrogen-bond acceptors (Lipinski definition) is 2. The van der Waals surface area contributed by atoms with E-state index in [2.05, 4.69) is 5.32 Å². The lowest BCUT2D eigenvalue weighted by atomic mass is 9.94. The van der Waals surface area contributed by atoms with Crippen LogP contribution in [0.15, 0.2) is 42.5 Å². The third-order valence-corrected chi connectivity index (χ3v) is 5.68. The summed E-state index contributed by atoms with van der Waals surface area (Å²) in [5.41, 5.74) is 2.63. The minimum absolute atomic E-state index is 0.0146. The highest BCUT2D eigenvalue weighted by atomic mass is 35.5. The van der Waals surface area contributed by atoms with Gasteiger partial charge in [0.05, 0.1) is 17.0 Å². The molecule has 4 rings (SSSR count). The first-order valence-corrected chi connectivity index (χ1v) is 8.81. The van der Waals surface area contributed by atoms with E-state index in [1.165, 1.54) is 0 Å². The van der Waals surface area contributed by atoms with Crippen molar-refractivity contribution in [3.8, 4) is 0 Å². The van der Waals surface area contributed by atoms with Crippen LogP contribution in [0, 0.1) is 0 Å². The number of aromatic carboxylic acids is 1. The Morgan fingerprint density at radius 1 is 1.16 bits per heavy atom. The number of amides is 1. The van der Waals surface area contributed by atoms with Gasteiger partial charge in [0.1, 0.15) is 0 Å². The van der Waals surface area contributed by atoms with Gasteiger partial charge < -0.3 is 10.4 Å². The topological polar surface area (TPSA) is 66.4 Å². The standard InChI is InChI=1S/C20H18ClNO3/c21-16-4-2-1-3-15(16)20(9-10-20)19(25)22-17-8-7-12-5-6-13(18(23)24)11-14(12)17/h1-6,11,17H,7-10H2,(H,22,25)(H,23,24)/t17-/m1/s1. The van der Waals surface area contributed by atoms with E-state index in [-0.39, 0.29) is 17.5 Å². The van der Waals surface area contributed by atoms with E-state index in [1.54, 1.807) is 12.1 Å².